The van der Waals surface area contributed by atoms with Gasteiger partial charge in [-0.3, -0.25) is 24.6 Å². The molecule has 3 atom stereocenters. The Morgan fingerprint density at radius 1 is 1.35 bits per heavy atom. The summed E-state index contributed by atoms with van der Waals surface area (Å²) in [6, 6.07) is -0.646. The Labute approximate surface area is 150 Å². The molecule has 1 aliphatic carbocycles. The van der Waals surface area contributed by atoms with Crippen LogP contribution in [0, 0.1) is 5.92 Å². The largest absolute Gasteiger partial charge is 0.453 e. The smallest absolute Gasteiger partial charge is 0.413 e. The number of nitrogens with one attached hydrogen (secondary N) is 2. The van der Waals surface area contributed by atoms with Crippen LogP contribution in [-0.4, -0.2) is 60.1 Å². The average molecular weight is 369 g/mol. The fourth-order valence-electron chi connectivity index (χ4n) is 3.31. The first kappa shape index (κ1) is 19.7. The van der Waals surface area contributed by atoms with Gasteiger partial charge in [0.05, 0.1) is 7.11 Å². The van der Waals surface area contributed by atoms with Gasteiger partial charge in [-0.15, -0.1) is 0 Å². The van der Waals surface area contributed by atoms with Crippen molar-refractivity contribution in [2.24, 2.45) is 5.92 Å². The highest BCUT2D eigenvalue weighted by Crippen LogP contribution is 2.38. The van der Waals surface area contributed by atoms with Crippen molar-refractivity contribution in [3.05, 3.63) is 0 Å². The van der Waals surface area contributed by atoms with E-state index in [4.69, 9.17) is 4.74 Å². The van der Waals surface area contributed by atoms with Crippen LogP contribution in [0.3, 0.4) is 0 Å². The molecule has 2 rings (SSSR count). The van der Waals surface area contributed by atoms with Gasteiger partial charge >= 0.3 is 18.1 Å². The molecule has 0 radical (unpaired) electrons. The fourth-order valence-corrected chi connectivity index (χ4v) is 3.31. The minimum atomic E-state index is -1.29. The molecule has 2 N–H and O–H groups in total. The summed E-state index contributed by atoms with van der Waals surface area (Å²) in [5.41, 5.74) is -0.969. The molecule has 2 fully saturated rings. The van der Waals surface area contributed by atoms with Crippen LogP contribution in [0.15, 0.2) is 0 Å². The molecule has 0 bridgehead atoms. The van der Waals surface area contributed by atoms with E-state index in [9.17, 15) is 24.0 Å². The zero-order valence-corrected chi connectivity index (χ0v) is 15.0. The van der Waals surface area contributed by atoms with E-state index in [1.807, 2.05) is 12.2 Å². The van der Waals surface area contributed by atoms with Gasteiger partial charge in [0.2, 0.25) is 0 Å². The molecule has 10 nitrogen and oxygen atoms in total. The molecular weight excluding hydrogens is 346 g/mol. The first-order valence-corrected chi connectivity index (χ1v) is 8.43. The Kier molecular flexibility index (Phi) is 5.83. The van der Waals surface area contributed by atoms with Crippen molar-refractivity contribution < 1.29 is 33.4 Å². The van der Waals surface area contributed by atoms with E-state index in [-0.39, 0.29) is 5.92 Å². The second-order valence-corrected chi connectivity index (χ2v) is 6.55. The Hall–Kier alpha value is -2.65. The number of methoxy groups -OCH3 is 1. The Morgan fingerprint density at radius 3 is 2.65 bits per heavy atom. The average Bonchev–Trinajstić information content (AvgIpc) is 2.82. The van der Waals surface area contributed by atoms with E-state index in [0.29, 0.717) is 6.42 Å². The lowest BCUT2D eigenvalue weighted by atomic mass is 9.73. The maximum Gasteiger partial charge on any atom is 0.413 e. The summed E-state index contributed by atoms with van der Waals surface area (Å²) in [6.07, 6.45) is 0.877. The maximum atomic E-state index is 12.7. The van der Waals surface area contributed by atoms with Gasteiger partial charge in [-0.05, 0) is 25.7 Å². The van der Waals surface area contributed by atoms with E-state index >= 15 is 0 Å². The number of urea groups is 1. The first-order valence-electron chi connectivity index (χ1n) is 8.43. The topological polar surface area (TPSA) is 131 Å². The van der Waals surface area contributed by atoms with Gasteiger partial charge in [-0.2, -0.15) is 0 Å². The van der Waals surface area contributed by atoms with E-state index in [0.717, 1.165) is 31.3 Å². The van der Waals surface area contributed by atoms with Gasteiger partial charge < -0.3 is 14.8 Å². The number of carbonyl (C=O) groups excluding carboxylic acids is 5. The third-order valence-electron chi connectivity index (χ3n) is 4.88. The highest BCUT2D eigenvalue weighted by atomic mass is 16.6. The maximum absolute atomic E-state index is 12.7. The summed E-state index contributed by atoms with van der Waals surface area (Å²) in [5, 5.41) is 4.58. The van der Waals surface area contributed by atoms with E-state index < -0.39 is 48.1 Å². The second kappa shape index (κ2) is 7.71. The molecule has 0 aromatic rings. The molecule has 2 aliphatic rings. The lowest BCUT2D eigenvalue weighted by Gasteiger charge is -2.36. The number of nitrogens with zero attached hydrogens (tertiary/aromatic N) is 1. The molecule has 1 saturated heterocycles. The number of rotatable bonds is 4. The number of hydrogen-bond donors (Lipinski definition) is 2. The molecule has 1 saturated carbocycles. The highest BCUT2D eigenvalue weighted by Gasteiger charge is 2.55. The van der Waals surface area contributed by atoms with Gasteiger partial charge in [0.15, 0.2) is 6.10 Å². The summed E-state index contributed by atoms with van der Waals surface area (Å²) >= 11 is 0. The monoisotopic (exact) mass is 369 g/mol. The molecule has 5 amide bonds. The first-order chi connectivity index (χ1) is 12.2. The number of carbonyl (C=O) groups is 5. The van der Waals surface area contributed by atoms with Crippen molar-refractivity contribution in [2.75, 3.05) is 13.7 Å². The fraction of sp³-hybridized carbons (Fsp3) is 0.688. The number of amides is 5. The Morgan fingerprint density at radius 2 is 2.04 bits per heavy atom. The van der Waals surface area contributed by atoms with E-state index in [1.54, 1.807) is 0 Å². The highest BCUT2D eigenvalue weighted by molar-refractivity contribution is 6.09. The second-order valence-electron chi connectivity index (χ2n) is 6.55. The van der Waals surface area contributed by atoms with Crippen LogP contribution >= 0.6 is 0 Å². The van der Waals surface area contributed by atoms with Crippen molar-refractivity contribution in [1.82, 2.24) is 15.5 Å². The molecule has 1 heterocycles. The molecule has 0 aromatic heterocycles. The number of alkyl carbamates (subject to hydrolysis) is 1. The van der Waals surface area contributed by atoms with Crippen LogP contribution in [0.4, 0.5) is 9.59 Å². The van der Waals surface area contributed by atoms with E-state index in [1.165, 1.54) is 6.92 Å². The number of hydrogen-bond acceptors (Lipinski definition) is 7. The molecule has 1 spiro atoms. The van der Waals surface area contributed by atoms with Gasteiger partial charge in [-0.25, -0.2) is 9.59 Å². The van der Waals surface area contributed by atoms with Crippen molar-refractivity contribution in [3.8, 4) is 0 Å². The van der Waals surface area contributed by atoms with Crippen molar-refractivity contribution >= 4 is 29.9 Å². The molecule has 0 aromatic carbocycles. The van der Waals surface area contributed by atoms with Crippen molar-refractivity contribution in [3.63, 3.8) is 0 Å². The third kappa shape index (κ3) is 3.78. The zero-order valence-electron chi connectivity index (χ0n) is 15.0. The molecule has 144 valence electrons. The normalized spacial score (nSPS) is 26.3. The molecule has 1 aliphatic heterocycles. The van der Waals surface area contributed by atoms with E-state index in [2.05, 4.69) is 10.1 Å². The molecule has 0 unspecified atom stereocenters. The molecule has 26 heavy (non-hydrogen) atoms. The van der Waals surface area contributed by atoms with Gasteiger partial charge in [-0.1, -0.05) is 19.8 Å². The molecule has 10 heteroatoms. The Balaban J connectivity index is 1.96. The van der Waals surface area contributed by atoms with Crippen molar-refractivity contribution in [1.29, 1.82) is 0 Å². The third-order valence-corrected chi connectivity index (χ3v) is 4.88. The lowest BCUT2D eigenvalue weighted by Crippen LogP contribution is -2.54. The summed E-state index contributed by atoms with van der Waals surface area (Å²) in [4.78, 5) is 60.4. The summed E-state index contributed by atoms with van der Waals surface area (Å²) in [6.45, 7) is 2.56. The van der Waals surface area contributed by atoms with Crippen LogP contribution < -0.4 is 10.6 Å². The lowest BCUT2D eigenvalue weighted by molar-refractivity contribution is -0.156. The van der Waals surface area contributed by atoms with Crippen LogP contribution in [-0.2, 0) is 23.9 Å². The van der Waals surface area contributed by atoms with Crippen LogP contribution in [0.5, 0.6) is 0 Å². The predicted molar refractivity (Wildman–Crippen MR) is 86.7 cm³/mol. The van der Waals surface area contributed by atoms with Crippen LogP contribution in [0.25, 0.3) is 0 Å². The van der Waals surface area contributed by atoms with Gasteiger partial charge in [0.1, 0.15) is 12.1 Å². The summed E-state index contributed by atoms with van der Waals surface area (Å²) < 4.78 is 9.15. The molecular formula is C16H23N3O7. The van der Waals surface area contributed by atoms with Crippen LogP contribution in [0.1, 0.15) is 39.5 Å². The number of ether oxygens (including phenoxy) is 2. The standard InChI is InChI=1S/C16H23N3O7/c1-9-6-4-5-7-16(9)13(22)19(14(23)18-16)8-11(20)26-10(2)12(21)17-15(24)25-3/h9-10H,4-8H2,1-3H3,(H,18,23)(H,17,21,24)/t9-,10-,16+/m0/s1. The number of esters is 1. The summed E-state index contributed by atoms with van der Waals surface area (Å²) in [7, 11) is 1.08. The predicted octanol–water partition coefficient (Wildman–Crippen LogP) is 0.301. The summed E-state index contributed by atoms with van der Waals surface area (Å²) in [5.74, 6) is -2.28. The quantitative estimate of drug-likeness (QED) is 0.538. The van der Waals surface area contributed by atoms with Crippen molar-refractivity contribution in [2.45, 2.75) is 51.2 Å². The van der Waals surface area contributed by atoms with Gasteiger partial charge in [0, 0.05) is 0 Å². The Bertz CT molecular complexity index is 635. The van der Waals surface area contributed by atoms with Gasteiger partial charge in [0.25, 0.3) is 11.8 Å². The SMILES string of the molecule is COC(=O)NC(=O)[C@H](C)OC(=O)CN1C(=O)N[C@@]2(CCCC[C@@H]2C)C1=O. The minimum Gasteiger partial charge on any atom is -0.453 e. The number of imide groups is 2. The zero-order chi connectivity index (χ0) is 19.5. The van der Waals surface area contributed by atoms with Crippen LogP contribution in [0.2, 0.25) is 0 Å². The minimum absolute atomic E-state index is 0.0292.